The highest BCUT2D eigenvalue weighted by atomic mass is 16.5. The fourth-order valence-electron chi connectivity index (χ4n) is 2.08. The molecule has 0 aliphatic rings. The molecular weight excluding hydrogens is 244 g/mol. The molecule has 0 fully saturated rings. The molecule has 0 aliphatic carbocycles. The Morgan fingerprint density at radius 2 is 2.21 bits per heavy atom. The minimum Gasteiger partial charge on any atom is -0.478 e. The maximum Gasteiger partial charge on any atom is 0.335 e. The average molecular weight is 262 g/mol. The number of hydrogen-bond donors (Lipinski definition) is 1. The van der Waals surface area contributed by atoms with Gasteiger partial charge in [-0.1, -0.05) is 0 Å². The van der Waals surface area contributed by atoms with Gasteiger partial charge < -0.3 is 14.4 Å². The van der Waals surface area contributed by atoms with Gasteiger partial charge in [-0.05, 0) is 37.5 Å². The highest BCUT2D eigenvalue weighted by molar-refractivity contribution is 5.92. The highest BCUT2D eigenvalue weighted by Crippen LogP contribution is 2.16. The first-order chi connectivity index (χ1) is 9.22. The third-order valence-electron chi connectivity index (χ3n) is 3.12. The molecule has 0 spiro atoms. The first-order valence-corrected chi connectivity index (χ1v) is 6.39. The fraction of sp³-hybridized carbons (Fsp3) is 0.429. The molecule has 1 N–H and O–H groups in total. The van der Waals surface area contributed by atoms with Gasteiger partial charge in [-0.3, -0.25) is 0 Å². The van der Waals surface area contributed by atoms with E-state index in [1.165, 1.54) is 0 Å². The molecule has 102 valence electrons. The zero-order chi connectivity index (χ0) is 13.7. The number of fused-ring (bicyclic) bond motifs is 1. The van der Waals surface area contributed by atoms with Crippen molar-refractivity contribution in [2.75, 3.05) is 13.7 Å². The number of methoxy groups -OCH3 is 1. The van der Waals surface area contributed by atoms with Gasteiger partial charge in [0.1, 0.15) is 0 Å². The number of aryl methyl sites for hydroxylation is 1. The minimum atomic E-state index is -0.920. The SMILES string of the molecule is COCCCCCn1cnc2cc(C(=O)O)ccc21. The lowest BCUT2D eigenvalue weighted by atomic mass is 10.2. The van der Waals surface area contributed by atoms with Crippen LogP contribution in [0.15, 0.2) is 24.5 Å². The number of carbonyl (C=O) groups is 1. The van der Waals surface area contributed by atoms with E-state index in [-0.39, 0.29) is 5.56 Å². The Morgan fingerprint density at radius 3 is 2.95 bits per heavy atom. The monoisotopic (exact) mass is 262 g/mol. The summed E-state index contributed by atoms with van der Waals surface area (Å²) < 4.78 is 7.07. The molecule has 0 saturated heterocycles. The van der Waals surface area contributed by atoms with Crippen LogP contribution in [0.2, 0.25) is 0 Å². The van der Waals surface area contributed by atoms with Crippen molar-refractivity contribution >= 4 is 17.0 Å². The van der Waals surface area contributed by atoms with Crippen LogP contribution in [0.3, 0.4) is 0 Å². The third-order valence-corrected chi connectivity index (χ3v) is 3.12. The summed E-state index contributed by atoms with van der Waals surface area (Å²) in [7, 11) is 1.71. The van der Waals surface area contributed by atoms with Crippen LogP contribution in [-0.4, -0.2) is 34.3 Å². The number of aromatic nitrogens is 2. The quantitative estimate of drug-likeness (QED) is 0.779. The molecular formula is C14H18N2O3. The predicted molar refractivity (Wildman–Crippen MR) is 72.4 cm³/mol. The van der Waals surface area contributed by atoms with Crippen molar-refractivity contribution < 1.29 is 14.6 Å². The van der Waals surface area contributed by atoms with E-state index >= 15 is 0 Å². The van der Waals surface area contributed by atoms with Crippen molar-refractivity contribution in [1.29, 1.82) is 0 Å². The molecule has 0 saturated carbocycles. The summed E-state index contributed by atoms with van der Waals surface area (Å²) in [5, 5.41) is 8.93. The lowest BCUT2D eigenvalue weighted by molar-refractivity contribution is 0.0697. The van der Waals surface area contributed by atoms with Crippen molar-refractivity contribution in [3.8, 4) is 0 Å². The number of rotatable bonds is 7. The molecule has 0 bridgehead atoms. The van der Waals surface area contributed by atoms with Gasteiger partial charge in [0.15, 0.2) is 0 Å². The zero-order valence-corrected chi connectivity index (χ0v) is 11.0. The number of aromatic carboxylic acids is 1. The Bertz CT molecular complexity index is 563. The van der Waals surface area contributed by atoms with Gasteiger partial charge in [-0.25, -0.2) is 9.78 Å². The highest BCUT2D eigenvalue weighted by Gasteiger charge is 2.07. The van der Waals surface area contributed by atoms with Crippen LogP contribution in [0, 0.1) is 0 Å². The number of unbranched alkanes of at least 4 members (excludes halogenated alkanes) is 2. The largest absolute Gasteiger partial charge is 0.478 e. The van der Waals surface area contributed by atoms with E-state index in [0.29, 0.717) is 0 Å². The molecule has 1 aromatic heterocycles. The van der Waals surface area contributed by atoms with Crippen molar-refractivity contribution in [3.63, 3.8) is 0 Å². The lowest BCUT2D eigenvalue weighted by Gasteiger charge is -2.04. The molecule has 0 amide bonds. The number of imidazole rings is 1. The van der Waals surface area contributed by atoms with E-state index in [4.69, 9.17) is 9.84 Å². The lowest BCUT2D eigenvalue weighted by Crippen LogP contribution is -1.98. The molecule has 2 rings (SSSR count). The third kappa shape index (κ3) is 3.32. The van der Waals surface area contributed by atoms with Crippen LogP contribution in [0.1, 0.15) is 29.6 Å². The second-order valence-electron chi connectivity index (χ2n) is 4.50. The van der Waals surface area contributed by atoms with Gasteiger partial charge >= 0.3 is 5.97 Å². The topological polar surface area (TPSA) is 64.4 Å². The molecule has 0 aliphatic heterocycles. The van der Waals surface area contributed by atoms with E-state index in [1.807, 2.05) is 6.07 Å². The summed E-state index contributed by atoms with van der Waals surface area (Å²) in [4.78, 5) is 15.1. The second-order valence-corrected chi connectivity index (χ2v) is 4.50. The molecule has 0 atom stereocenters. The number of nitrogens with zero attached hydrogens (tertiary/aromatic N) is 2. The van der Waals surface area contributed by atoms with Crippen molar-refractivity contribution in [2.45, 2.75) is 25.8 Å². The Kier molecular flexibility index (Phi) is 4.52. The van der Waals surface area contributed by atoms with Crippen molar-refractivity contribution in [1.82, 2.24) is 9.55 Å². The van der Waals surface area contributed by atoms with Gasteiger partial charge in [0.2, 0.25) is 0 Å². The first kappa shape index (κ1) is 13.5. The summed E-state index contributed by atoms with van der Waals surface area (Å²) in [5.74, 6) is -0.920. The number of hydrogen-bond acceptors (Lipinski definition) is 3. The molecule has 19 heavy (non-hydrogen) atoms. The van der Waals surface area contributed by atoms with Gasteiger partial charge in [-0.2, -0.15) is 0 Å². The summed E-state index contributed by atoms with van der Waals surface area (Å²) >= 11 is 0. The summed E-state index contributed by atoms with van der Waals surface area (Å²) in [6.07, 6.45) is 5.01. The number of benzene rings is 1. The standard InChI is InChI=1S/C14H18N2O3/c1-19-8-4-2-3-7-16-10-15-12-9-11(14(17)18)5-6-13(12)16/h5-6,9-10H,2-4,7-8H2,1H3,(H,17,18). The van der Waals surface area contributed by atoms with E-state index < -0.39 is 5.97 Å². The zero-order valence-electron chi connectivity index (χ0n) is 11.0. The smallest absolute Gasteiger partial charge is 0.335 e. The van der Waals surface area contributed by atoms with Crippen molar-refractivity contribution in [3.05, 3.63) is 30.1 Å². The van der Waals surface area contributed by atoms with Crippen LogP contribution < -0.4 is 0 Å². The molecule has 0 radical (unpaired) electrons. The minimum absolute atomic E-state index is 0.276. The van der Waals surface area contributed by atoms with E-state index in [0.717, 1.165) is 43.4 Å². The van der Waals surface area contributed by atoms with E-state index in [1.54, 1.807) is 25.6 Å². The van der Waals surface area contributed by atoms with Gasteiger partial charge in [-0.15, -0.1) is 0 Å². The first-order valence-electron chi connectivity index (χ1n) is 6.39. The van der Waals surface area contributed by atoms with Crippen LogP contribution in [0.5, 0.6) is 0 Å². The second kappa shape index (κ2) is 6.33. The van der Waals surface area contributed by atoms with Crippen LogP contribution in [0.25, 0.3) is 11.0 Å². The number of ether oxygens (including phenoxy) is 1. The van der Waals surface area contributed by atoms with Gasteiger partial charge in [0.05, 0.1) is 22.9 Å². The molecule has 1 heterocycles. The van der Waals surface area contributed by atoms with Crippen LogP contribution in [-0.2, 0) is 11.3 Å². The summed E-state index contributed by atoms with van der Waals surface area (Å²) in [6, 6.07) is 5.05. The van der Waals surface area contributed by atoms with Gasteiger partial charge in [0, 0.05) is 20.3 Å². The molecule has 5 heteroatoms. The molecule has 2 aromatic rings. The maximum atomic E-state index is 10.9. The number of carboxylic acid groups (broad SMARTS) is 1. The normalized spacial score (nSPS) is 11.0. The average Bonchev–Trinajstić information content (AvgIpc) is 2.81. The molecule has 5 nitrogen and oxygen atoms in total. The maximum absolute atomic E-state index is 10.9. The Hall–Kier alpha value is -1.88. The Balaban J connectivity index is 2.02. The fourth-order valence-corrected chi connectivity index (χ4v) is 2.08. The Labute approximate surface area is 111 Å². The van der Waals surface area contributed by atoms with E-state index in [9.17, 15) is 4.79 Å². The summed E-state index contributed by atoms with van der Waals surface area (Å²) in [6.45, 7) is 1.69. The van der Waals surface area contributed by atoms with Crippen LogP contribution in [0.4, 0.5) is 0 Å². The Morgan fingerprint density at radius 1 is 1.37 bits per heavy atom. The number of carboxylic acids is 1. The van der Waals surface area contributed by atoms with E-state index in [2.05, 4.69) is 9.55 Å². The molecule has 1 aromatic carbocycles. The van der Waals surface area contributed by atoms with Crippen LogP contribution >= 0.6 is 0 Å². The van der Waals surface area contributed by atoms with Gasteiger partial charge in [0.25, 0.3) is 0 Å². The van der Waals surface area contributed by atoms with Crippen molar-refractivity contribution in [2.24, 2.45) is 0 Å². The molecule has 0 unspecified atom stereocenters. The summed E-state index contributed by atoms with van der Waals surface area (Å²) in [5.41, 5.74) is 1.99. The predicted octanol–water partition coefficient (Wildman–Crippen LogP) is 2.55.